The van der Waals surface area contributed by atoms with Crippen LogP contribution in [0.15, 0.2) is 24.3 Å². The number of hydrogen-bond donors (Lipinski definition) is 1. The number of benzene rings is 1. The Kier molecular flexibility index (Phi) is 8.28. The van der Waals surface area contributed by atoms with Crippen molar-refractivity contribution in [3.63, 3.8) is 0 Å². The molecule has 1 aliphatic carbocycles. The maximum Gasteiger partial charge on any atom is 0.341 e. The van der Waals surface area contributed by atoms with Gasteiger partial charge in [0.2, 0.25) is 0 Å². The maximum atomic E-state index is 13.7. The Labute approximate surface area is 232 Å². The van der Waals surface area contributed by atoms with E-state index in [0.717, 1.165) is 84.1 Å². The molecule has 0 saturated carbocycles. The minimum absolute atomic E-state index is 0.293. The van der Waals surface area contributed by atoms with Crippen LogP contribution in [0, 0.1) is 0 Å². The zero-order chi connectivity index (χ0) is 27.5. The number of esters is 2. The molecule has 1 aromatic carbocycles. The van der Waals surface area contributed by atoms with Gasteiger partial charge >= 0.3 is 11.9 Å². The van der Waals surface area contributed by atoms with Crippen LogP contribution in [0.1, 0.15) is 81.4 Å². The molecule has 3 aromatic rings. The first-order valence-electron chi connectivity index (χ1n) is 13.7. The molecular formula is C30H35N3O5S. The molecule has 0 saturated heterocycles. The number of thiophene rings is 1. The number of nitrogens with one attached hydrogen (secondary N) is 1. The minimum atomic E-state index is -1.02. The fourth-order valence-corrected chi connectivity index (χ4v) is 6.87. The summed E-state index contributed by atoms with van der Waals surface area (Å²) in [6, 6.07) is 7.55. The van der Waals surface area contributed by atoms with Gasteiger partial charge in [0.1, 0.15) is 5.00 Å². The van der Waals surface area contributed by atoms with Crippen molar-refractivity contribution in [2.45, 2.75) is 70.9 Å². The van der Waals surface area contributed by atoms with E-state index in [1.165, 1.54) is 18.4 Å². The molecular weight excluding hydrogens is 514 g/mol. The fourth-order valence-electron chi connectivity index (χ4n) is 5.59. The van der Waals surface area contributed by atoms with E-state index in [0.29, 0.717) is 29.1 Å². The number of pyridine rings is 1. The van der Waals surface area contributed by atoms with Crippen molar-refractivity contribution in [2.75, 3.05) is 26.0 Å². The monoisotopic (exact) mass is 549 g/mol. The summed E-state index contributed by atoms with van der Waals surface area (Å²) >= 11 is 1.43. The SMILES string of the molecule is CCC(OC(=O)c1c2c(nc3ccccc13)CCN(C)C2)C(=O)Nc1sc2c(c1C(=O)OC)CCCCCC2. The number of rotatable bonds is 6. The van der Waals surface area contributed by atoms with Gasteiger partial charge in [-0.2, -0.15) is 0 Å². The smallest absolute Gasteiger partial charge is 0.341 e. The van der Waals surface area contributed by atoms with Gasteiger partial charge < -0.3 is 19.7 Å². The molecule has 0 bridgehead atoms. The van der Waals surface area contributed by atoms with Gasteiger partial charge in [0, 0.05) is 41.0 Å². The summed E-state index contributed by atoms with van der Waals surface area (Å²) in [5.74, 6) is -1.43. The number of nitrogens with zero attached hydrogens (tertiary/aromatic N) is 2. The summed E-state index contributed by atoms with van der Waals surface area (Å²) in [4.78, 5) is 48.0. The van der Waals surface area contributed by atoms with Crippen molar-refractivity contribution >= 4 is 45.1 Å². The van der Waals surface area contributed by atoms with E-state index in [9.17, 15) is 14.4 Å². The molecule has 2 aromatic heterocycles. The zero-order valence-electron chi connectivity index (χ0n) is 22.8. The number of ether oxygens (including phenoxy) is 2. The summed E-state index contributed by atoms with van der Waals surface area (Å²) in [6.45, 7) is 3.25. The Morgan fingerprint density at radius 1 is 1.03 bits per heavy atom. The Morgan fingerprint density at radius 2 is 1.79 bits per heavy atom. The second-order valence-electron chi connectivity index (χ2n) is 10.3. The number of aryl methyl sites for hydroxylation is 1. The molecule has 1 amide bonds. The van der Waals surface area contributed by atoms with E-state index < -0.39 is 23.9 Å². The third kappa shape index (κ3) is 5.56. The van der Waals surface area contributed by atoms with Crippen molar-refractivity contribution in [3.8, 4) is 0 Å². The Bertz CT molecular complexity index is 1420. The number of carbonyl (C=O) groups excluding carboxylic acids is 3. The molecule has 0 spiro atoms. The van der Waals surface area contributed by atoms with Crippen molar-refractivity contribution in [1.29, 1.82) is 0 Å². The first kappa shape index (κ1) is 27.3. The van der Waals surface area contributed by atoms with E-state index in [-0.39, 0.29) is 0 Å². The second kappa shape index (κ2) is 11.8. The van der Waals surface area contributed by atoms with E-state index in [1.807, 2.05) is 31.3 Å². The van der Waals surface area contributed by atoms with Crippen molar-refractivity contribution < 1.29 is 23.9 Å². The standard InChI is InChI=1S/C30H35N3O5S/c1-4-23(27(34)32-28-26(29(35)37-3)19-12-7-5-6-8-14-24(19)39-28)38-30(36)25-18-11-9-10-13-21(18)31-22-15-16-33(2)17-20(22)25/h9-11,13,23H,4-8,12,14-17H2,1-3H3,(H,32,34). The minimum Gasteiger partial charge on any atom is -0.465 e. The highest BCUT2D eigenvalue weighted by atomic mass is 32.1. The van der Waals surface area contributed by atoms with Crippen LogP contribution in [0.25, 0.3) is 10.9 Å². The predicted molar refractivity (Wildman–Crippen MR) is 151 cm³/mol. The van der Waals surface area contributed by atoms with E-state index >= 15 is 0 Å². The summed E-state index contributed by atoms with van der Waals surface area (Å²) in [7, 11) is 3.37. The van der Waals surface area contributed by atoms with Gasteiger partial charge in [-0.15, -0.1) is 11.3 Å². The van der Waals surface area contributed by atoms with Gasteiger partial charge in [0.05, 0.1) is 23.8 Å². The fraction of sp³-hybridized carbons (Fsp3) is 0.467. The zero-order valence-corrected chi connectivity index (χ0v) is 23.6. The highest BCUT2D eigenvalue weighted by molar-refractivity contribution is 7.17. The normalized spacial score (nSPS) is 16.4. The Balaban J connectivity index is 1.43. The quantitative estimate of drug-likeness (QED) is 0.417. The Morgan fingerprint density at radius 3 is 2.56 bits per heavy atom. The first-order valence-corrected chi connectivity index (χ1v) is 14.6. The number of carbonyl (C=O) groups is 3. The number of fused-ring (bicyclic) bond motifs is 3. The average molecular weight is 550 g/mol. The third-order valence-corrected chi connectivity index (χ3v) is 8.86. The molecule has 5 rings (SSSR count). The lowest BCUT2D eigenvalue weighted by Crippen LogP contribution is -2.34. The van der Waals surface area contributed by atoms with Crippen molar-refractivity contribution in [1.82, 2.24) is 9.88 Å². The van der Waals surface area contributed by atoms with Gasteiger partial charge in [-0.05, 0) is 50.8 Å². The van der Waals surface area contributed by atoms with Crippen LogP contribution in [0.3, 0.4) is 0 Å². The lowest BCUT2D eigenvalue weighted by atomic mass is 9.96. The number of aromatic nitrogens is 1. The predicted octanol–water partition coefficient (Wildman–Crippen LogP) is 5.30. The van der Waals surface area contributed by atoms with Crippen LogP contribution >= 0.6 is 11.3 Å². The number of hydrogen-bond acceptors (Lipinski definition) is 8. The number of anilines is 1. The van der Waals surface area contributed by atoms with Crippen LogP contribution in [0.2, 0.25) is 0 Å². The molecule has 1 aliphatic heterocycles. The molecule has 206 valence electrons. The second-order valence-corrected chi connectivity index (χ2v) is 11.4. The maximum absolute atomic E-state index is 13.7. The average Bonchev–Trinajstić information content (AvgIpc) is 3.25. The molecule has 0 radical (unpaired) electrons. The molecule has 1 unspecified atom stereocenters. The molecule has 1 N–H and O–H groups in total. The van der Waals surface area contributed by atoms with Crippen molar-refractivity contribution in [3.05, 3.63) is 57.1 Å². The molecule has 0 fully saturated rings. The molecule has 8 nitrogen and oxygen atoms in total. The topological polar surface area (TPSA) is 97.8 Å². The lowest BCUT2D eigenvalue weighted by Gasteiger charge is -2.27. The van der Waals surface area contributed by atoms with Crippen LogP contribution in [-0.2, 0) is 40.1 Å². The van der Waals surface area contributed by atoms with E-state index in [4.69, 9.17) is 14.5 Å². The van der Waals surface area contributed by atoms with Gasteiger partial charge in [-0.1, -0.05) is 38.0 Å². The number of para-hydroxylation sites is 1. The summed E-state index contributed by atoms with van der Waals surface area (Å²) in [5.41, 5.74) is 4.38. The summed E-state index contributed by atoms with van der Waals surface area (Å²) in [5, 5.41) is 4.11. The summed E-state index contributed by atoms with van der Waals surface area (Å²) < 4.78 is 11.0. The van der Waals surface area contributed by atoms with Crippen LogP contribution < -0.4 is 5.32 Å². The Hall–Kier alpha value is -3.30. The third-order valence-electron chi connectivity index (χ3n) is 7.65. The number of methoxy groups -OCH3 is 1. The van der Waals surface area contributed by atoms with Crippen LogP contribution in [-0.4, -0.2) is 54.5 Å². The van der Waals surface area contributed by atoms with Gasteiger partial charge in [-0.3, -0.25) is 9.78 Å². The lowest BCUT2D eigenvalue weighted by molar-refractivity contribution is -0.124. The van der Waals surface area contributed by atoms with E-state index in [1.54, 1.807) is 6.92 Å². The molecule has 1 atom stereocenters. The van der Waals surface area contributed by atoms with Gasteiger partial charge in [0.15, 0.2) is 6.10 Å². The molecule has 2 aliphatic rings. The summed E-state index contributed by atoms with van der Waals surface area (Å²) in [6.07, 6.45) is 6.00. The van der Waals surface area contributed by atoms with Gasteiger partial charge in [0.25, 0.3) is 5.91 Å². The highest BCUT2D eigenvalue weighted by Gasteiger charge is 2.31. The largest absolute Gasteiger partial charge is 0.465 e. The highest BCUT2D eigenvalue weighted by Crippen LogP contribution is 2.38. The van der Waals surface area contributed by atoms with Crippen molar-refractivity contribution in [2.24, 2.45) is 0 Å². The molecule has 3 heterocycles. The number of amides is 1. The molecule has 39 heavy (non-hydrogen) atoms. The first-order chi connectivity index (χ1) is 18.9. The van der Waals surface area contributed by atoms with Crippen LogP contribution in [0.4, 0.5) is 5.00 Å². The number of likely N-dealkylation sites (N-methyl/N-ethyl adjacent to an activating group) is 1. The van der Waals surface area contributed by atoms with E-state index in [2.05, 4.69) is 10.2 Å². The van der Waals surface area contributed by atoms with Crippen LogP contribution in [0.5, 0.6) is 0 Å². The molecule has 9 heteroatoms. The van der Waals surface area contributed by atoms with Gasteiger partial charge in [-0.25, -0.2) is 9.59 Å².